The maximum atomic E-state index is 4.42. The first-order chi connectivity index (χ1) is 9.81. The van der Waals surface area contributed by atoms with Gasteiger partial charge in [0.05, 0.1) is 10.7 Å². The molecular formula is C14H15N5S. The number of aromatic nitrogens is 4. The molecule has 0 unspecified atom stereocenters. The van der Waals surface area contributed by atoms with Gasteiger partial charge in [-0.15, -0.1) is 11.3 Å². The van der Waals surface area contributed by atoms with Crippen molar-refractivity contribution in [2.45, 2.75) is 20.0 Å². The minimum absolute atomic E-state index is 0.785. The molecule has 0 radical (unpaired) electrons. The van der Waals surface area contributed by atoms with E-state index in [9.17, 15) is 0 Å². The molecule has 0 aliphatic carbocycles. The van der Waals surface area contributed by atoms with Crippen molar-refractivity contribution < 1.29 is 0 Å². The van der Waals surface area contributed by atoms with Crippen molar-refractivity contribution >= 4 is 11.3 Å². The topological polar surface area (TPSA) is 55.6 Å². The molecule has 0 saturated carbocycles. The van der Waals surface area contributed by atoms with E-state index in [2.05, 4.69) is 31.7 Å². The lowest BCUT2D eigenvalue weighted by Gasteiger charge is -2.05. The largest absolute Gasteiger partial charge is 0.307 e. The van der Waals surface area contributed by atoms with Crippen LogP contribution in [-0.2, 0) is 13.1 Å². The second-order valence-corrected chi connectivity index (χ2v) is 5.52. The van der Waals surface area contributed by atoms with Crippen LogP contribution >= 0.6 is 11.3 Å². The second-order valence-electron chi connectivity index (χ2n) is 4.46. The Morgan fingerprint density at radius 3 is 2.90 bits per heavy atom. The highest BCUT2D eigenvalue weighted by atomic mass is 32.1. The Morgan fingerprint density at radius 1 is 1.30 bits per heavy atom. The summed E-state index contributed by atoms with van der Waals surface area (Å²) in [5.41, 5.74) is 2.25. The third-order valence-electron chi connectivity index (χ3n) is 2.88. The number of nitrogens with one attached hydrogen (secondary N) is 1. The Kier molecular flexibility index (Phi) is 3.85. The number of rotatable bonds is 5. The van der Waals surface area contributed by atoms with E-state index in [1.54, 1.807) is 23.9 Å². The van der Waals surface area contributed by atoms with Gasteiger partial charge < -0.3 is 5.32 Å². The highest BCUT2D eigenvalue weighted by Crippen LogP contribution is 2.08. The zero-order valence-corrected chi connectivity index (χ0v) is 12.0. The van der Waals surface area contributed by atoms with E-state index in [-0.39, 0.29) is 0 Å². The molecular weight excluding hydrogens is 270 g/mol. The third-order valence-corrected chi connectivity index (χ3v) is 3.70. The Hall–Kier alpha value is -2.05. The average Bonchev–Trinajstić information content (AvgIpc) is 3.11. The maximum Gasteiger partial charge on any atom is 0.137 e. The number of aryl methyl sites for hydroxylation is 1. The molecule has 0 fully saturated rings. The summed E-state index contributed by atoms with van der Waals surface area (Å²) >= 11 is 1.68. The van der Waals surface area contributed by atoms with Crippen molar-refractivity contribution in [3.05, 3.63) is 58.7 Å². The van der Waals surface area contributed by atoms with Crippen molar-refractivity contribution in [3.63, 3.8) is 0 Å². The highest BCUT2D eigenvalue weighted by Gasteiger charge is 2.00. The molecule has 0 atom stereocenters. The quantitative estimate of drug-likeness (QED) is 0.781. The first kappa shape index (κ1) is 13.0. The van der Waals surface area contributed by atoms with E-state index in [1.807, 2.05) is 30.0 Å². The summed E-state index contributed by atoms with van der Waals surface area (Å²) in [6.45, 7) is 3.59. The number of hydrogen-bond donors (Lipinski definition) is 1. The second kappa shape index (κ2) is 5.94. The van der Waals surface area contributed by atoms with E-state index in [4.69, 9.17) is 0 Å². The molecule has 6 heteroatoms. The minimum Gasteiger partial charge on any atom is -0.307 e. The molecule has 5 nitrogen and oxygen atoms in total. The molecule has 3 rings (SSSR count). The van der Waals surface area contributed by atoms with Gasteiger partial charge in [0.2, 0.25) is 0 Å². The molecule has 0 bridgehead atoms. The van der Waals surface area contributed by atoms with Crippen LogP contribution in [0.5, 0.6) is 0 Å². The van der Waals surface area contributed by atoms with Gasteiger partial charge in [-0.25, -0.2) is 15.0 Å². The highest BCUT2D eigenvalue weighted by molar-refractivity contribution is 7.09. The predicted molar refractivity (Wildman–Crippen MR) is 78.8 cm³/mol. The smallest absolute Gasteiger partial charge is 0.137 e. The fourth-order valence-electron chi connectivity index (χ4n) is 1.89. The van der Waals surface area contributed by atoms with Gasteiger partial charge in [-0.05, 0) is 18.6 Å². The zero-order valence-electron chi connectivity index (χ0n) is 11.2. The van der Waals surface area contributed by atoms with Crippen LogP contribution in [-0.4, -0.2) is 19.5 Å². The van der Waals surface area contributed by atoms with Crippen LogP contribution in [0.2, 0.25) is 0 Å². The van der Waals surface area contributed by atoms with Crippen molar-refractivity contribution in [3.8, 4) is 5.82 Å². The lowest BCUT2D eigenvalue weighted by atomic mass is 10.3. The Morgan fingerprint density at radius 2 is 2.25 bits per heavy atom. The van der Waals surface area contributed by atoms with Gasteiger partial charge in [0.1, 0.15) is 12.1 Å². The molecule has 20 heavy (non-hydrogen) atoms. The van der Waals surface area contributed by atoms with Gasteiger partial charge in [-0.3, -0.25) is 4.57 Å². The summed E-state index contributed by atoms with van der Waals surface area (Å²) in [5, 5.41) is 6.56. The fourth-order valence-corrected chi connectivity index (χ4v) is 2.51. The van der Waals surface area contributed by atoms with Crippen LogP contribution in [0.25, 0.3) is 5.82 Å². The van der Waals surface area contributed by atoms with Crippen LogP contribution in [0.4, 0.5) is 0 Å². The van der Waals surface area contributed by atoms with E-state index in [0.29, 0.717) is 0 Å². The molecule has 0 spiro atoms. The molecule has 0 amide bonds. The zero-order chi connectivity index (χ0) is 13.8. The van der Waals surface area contributed by atoms with Crippen molar-refractivity contribution in [2.24, 2.45) is 0 Å². The van der Waals surface area contributed by atoms with Crippen LogP contribution in [0, 0.1) is 6.92 Å². The lowest BCUT2D eigenvalue weighted by Crippen LogP contribution is -2.13. The van der Waals surface area contributed by atoms with E-state index in [0.717, 1.165) is 35.2 Å². The summed E-state index contributed by atoms with van der Waals surface area (Å²) in [7, 11) is 0. The molecule has 3 aromatic rings. The summed E-state index contributed by atoms with van der Waals surface area (Å²) in [4.78, 5) is 12.9. The summed E-state index contributed by atoms with van der Waals surface area (Å²) < 4.78 is 1.88. The monoisotopic (exact) mass is 285 g/mol. The summed E-state index contributed by atoms with van der Waals surface area (Å²) in [5.74, 6) is 0.876. The van der Waals surface area contributed by atoms with Crippen LogP contribution in [0.1, 0.15) is 16.3 Å². The maximum absolute atomic E-state index is 4.42. The Bertz CT molecular complexity index is 657. The van der Waals surface area contributed by atoms with Crippen molar-refractivity contribution in [2.75, 3.05) is 0 Å². The summed E-state index contributed by atoms with van der Waals surface area (Å²) in [6.07, 6.45) is 7.25. The molecule has 3 aromatic heterocycles. The normalized spacial score (nSPS) is 10.8. The molecule has 0 aliphatic heterocycles. The lowest BCUT2D eigenvalue weighted by molar-refractivity contribution is 0.679. The Labute approximate surface area is 121 Å². The van der Waals surface area contributed by atoms with Gasteiger partial charge in [-0.2, -0.15) is 0 Å². The molecule has 0 aromatic carbocycles. The van der Waals surface area contributed by atoms with E-state index < -0.39 is 0 Å². The van der Waals surface area contributed by atoms with Crippen molar-refractivity contribution in [1.29, 1.82) is 0 Å². The number of hydrogen-bond acceptors (Lipinski definition) is 5. The van der Waals surface area contributed by atoms with Crippen LogP contribution in [0.3, 0.4) is 0 Å². The number of pyridine rings is 1. The minimum atomic E-state index is 0.785. The van der Waals surface area contributed by atoms with Gasteiger partial charge >= 0.3 is 0 Å². The van der Waals surface area contributed by atoms with Gasteiger partial charge in [0.25, 0.3) is 0 Å². The third kappa shape index (κ3) is 3.09. The number of nitrogens with zero attached hydrogens (tertiary/aromatic N) is 4. The molecule has 102 valence electrons. The first-order valence-corrected chi connectivity index (χ1v) is 7.24. The van der Waals surface area contributed by atoms with Gasteiger partial charge in [-0.1, -0.05) is 6.07 Å². The Balaban J connectivity index is 1.56. The molecule has 1 N–H and O–H groups in total. The van der Waals surface area contributed by atoms with Crippen LogP contribution < -0.4 is 5.32 Å². The molecule has 3 heterocycles. The average molecular weight is 285 g/mol. The standard InChI is InChI=1S/C14H15N5S/c1-11-18-13(9-20-11)8-16-6-12-2-3-14(17-7-12)19-5-4-15-10-19/h2-5,7,9-10,16H,6,8H2,1H3. The van der Waals surface area contributed by atoms with Gasteiger partial charge in [0.15, 0.2) is 0 Å². The van der Waals surface area contributed by atoms with Crippen LogP contribution in [0.15, 0.2) is 42.4 Å². The van der Waals surface area contributed by atoms with E-state index in [1.165, 1.54) is 0 Å². The predicted octanol–water partition coefficient (Wildman–Crippen LogP) is 2.32. The molecule has 0 saturated heterocycles. The first-order valence-electron chi connectivity index (χ1n) is 6.36. The van der Waals surface area contributed by atoms with Gasteiger partial charge in [0, 0.05) is 37.1 Å². The van der Waals surface area contributed by atoms with E-state index >= 15 is 0 Å². The number of thiazole rings is 1. The number of imidazole rings is 1. The molecule has 0 aliphatic rings. The summed E-state index contributed by atoms with van der Waals surface area (Å²) in [6, 6.07) is 4.06. The fraction of sp³-hybridized carbons (Fsp3) is 0.214. The van der Waals surface area contributed by atoms with Crippen molar-refractivity contribution in [1.82, 2.24) is 24.8 Å². The SMILES string of the molecule is Cc1nc(CNCc2ccc(-n3ccnc3)nc2)cs1.